The van der Waals surface area contributed by atoms with Gasteiger partial charge in [-0.3, -0.25) is 4.79 Å². The van der Waals surface area contributed by atoms with Gasteiger partial charge >= 0.3 is 5.38 Å². The molecule has 0 spiro atoms. The number of carbonyl (C=O) groups is 1. The molecule has 0 aromatic heterocycles. The number of rotatable bonds is 2. The fraction of sp³-hybridized carbons (Fsp3) is 0.250. The molecule has 2 nitrogen and oxygen atoms in total. The maximum absolute atomic E-state index is 11.6. The van der Waals surface area contributed by atoms with Crippen molar-refractivity contribution in [1.82, 2.24) is 0 Å². The largest absolute Gasteiger partial charge is 0.404 e. The summed E-state index contributed by atoms with van der Waals surface area (Å²) in [7, 11) is 0. The van der Waals surface area contributed by atoms with E-state index in [0.29, 0.717) is 12.3 Å². The van der Waals surface area contributed by atoms with Crippen LogP contribution >= 0.6 is 11.6 Å². The van der Waals surface area contributed by atoms with Crippen molar-refractivity contribution in [2.45, 2.75) is 5.38 Å². The Labute approximate surface area is 55.3 Å². The van der Waals surface area contributed by atoms with Crippen LogP contribution in [0.4, 0.5) is 8.78 Å². The maximum Gasteiger partial charge on any atom is 0.384 e. The van der Waals surface area contributed by atoms with Crippen molar-refractivity contribution in [3.05, 3.63) is 12.3 Å². The highest BCUT2D eigenvalue weighted by molar-refractivity contribution is 6.34. The summed E-state index contributed by atoms with van der Waals surface area (Å²) in [5, 5.41) is -3.82. The first-order chi connectivity index (χ1) is 3.98. The molecule has 0 atom stereocenters. The summed E-state index contributed by atoms with van der Waals surface area (Å²) < 4.78 is 23.2. The van der Waals surface area contributed by atoms with Gasteiger partial charge in [0.2, 0.25) is 5.78 Å². The highest BCUT2D eigenvalue weighted by atomic mass is 35.5. The number of hydrogen-bond donors (Lipinski definition) is 1. The number of allylic oxidation sites excluding steroid dienone is 1. The zero-order valence-corrected chi connectivity index (χ0v) is 5.03. The van der Waals surface area contributed by atoms with Gasteiger partial charge in [-0.25, -0.2) is 0 Å². The number of nitrogens with two attached hydrogens (primary N) is 1. The zero-order valence-electron chi connectivity index (χ0n) is 4.27. The third-order valence-electron chi connectivity index (χ3n) is 0.527. The number of hydrogen-bond acceptors (Lipinski definition) is 2. The standard InChI is InChI=1S/C4H4ClF2NO/c5-4(6,7)3(9)1-2-8/h1-2H,8H2/b2-1-. The Morgan fingerprint density at radius 1 is 1.67 bits per heavy atom. The first-order valence-electron chi connectivity index (χ1n) is 1.98. The number of alkyl halides is 3. The first-order valence-corrected chi connectivity index (χ1v) is 2.35. The van der Waals surface area contributed by atoms with Crippen molar-refractivity contribution in [3.63, 3.8) is 0 Å². The number of ketones is 1. The molecule has 2 N–H and O–H groups in total. The van der Waals surface area contributed by atoms with Gasteiger partial charge in [0.05, 0.1) is 0 Å². The van der Waals surface area contributed by atoms with Crippen molar-refractivity contribution >= 4 is 17.4 Å². The summed E-state index contributed by atoms with van der Waals surface area (Å²) in [6.45, 7) is 0. The molecular weight excluding hydrogens is 151 g/mol. The second kappa shape index (κ2) is 2.77. The molecule has 0 saturated heterocycles. The molecule has 5 heteroatoms. The van der Waals surface area contributed by atoms with Crippen LogP contribution in [0.1, 0.15) is 0 Å². The van der Waals surface area contributed by atoms with Crippen LogP contribution in [0.2, 0.25) is 0 Å². The van der Waals surface area contributed by atoms with Gasteiger partial charge in [0.25, 0.3) is 0 Å². The van der Waals surface area contributed by atoms with Crippen molar-refractivity contribution in [2.24, 2.45) is 5.73 Å². The Kier molecular flexibility index (Phi) is 2.58. The number of halogens is 3. The van der Waals surface area contributed by atoms with E-state index in [1.54, 1.807) is 0 Å². The van der Waals surface area contributed by atoms with Gasteiger partial charge in [0.1, 0.15) is 0 Å². The van der Waals surface area contributed by atoms with Gasteiger partial charge in [-0.2, -0.15) is 8.78 Å². The minimum atomic E-state index is -3.82. The van der Waals surface area contributed by atoms with E-state index in [1.807, 2.05) is 0 Å². The van der Waals surface area contributed by atoms with E-state index in [-0.39, 0.29) is 0 Å². The molecule has 0 aromatic carbocycles. The molecule has 0 fully saturated rings. The van der Waals surface area contributed by atoms with Gasteiger partial charge in [0, 0.05) is 6.08 Å². The Bertz CT molecular complexity index is 140. The van der Waals surface area contributed by atoms with Crippen LogP contribution in [-0.4, -0.2) is 11.2 Å². The van der Waals surface area contributed by atoms with Gasteiger partial charge in [-0.15, -0.1) is 0 Å². The van der Waals surface area contributed by atoms with E-state index in [9.17, 15) is 13.6 Å². The molecule has 0 saturated carbocycles. The average molecular weight is 156 g/mol. The van der Waals surface area contributed by atoms with Gasteiger partial charge in [-0.1, -0.05) is 0 Å². The third-order valence-corrected chi connectivity index (χ3v) is 0.713. The minimum Gasteiger partial charge on any atom is -0.404 e. The molecule has 0 amide bonds. The topological polar surface area (TPSA) is 43.1 Å². The lowest BCUT2D eigenvalue weighted by molar-refractivity contribution is -0.128. The van der Waals surface area contributed by atoms with Crippen molar-refractivity contribution < 1.29 is 13.6 Å². The fourth-order valence-corrected chi connectivity index (χ4v) is 0.245. The first kappa shape index (κ1) is 8.36. The SMILES string of the molecule is N/C=C\C(=O)C(F)(F)Cl. The van der Waals surface area contributed by atoms with E-state index >= 15 is 0 Å². The molecule has 0 rings (SSSR count). The summed E-state index contributed by atoms with van der Waals surface area (Å²) in [6.07, 6.45) is 1.21. The monoisotopic (exact) mass is 155 g/mol. The third kappa shape index (κ3) is 3.03. The summed E-state index contributed by atoms with van der Waals surface area (Å²) in [4.78, 5) is 10.0. The van der Waals surface area contributed by atoms with Crippen molar-refractivity contribution in [1.29, 1.82) is 0 Å². The van der Waals surface area contributed by atoms with E-state index in [2.05, 4.69) is 17.3 Å². The summed E-state index contributed by atoms with van der Waals surface area (Å²) in [5.41, 5.74) is 4.63. The Morgan fingerprint density at radius 2 is 2.11 bits per heavy atom. The average Bonchev–Trinajstić information content (AvgIpc) is 1.64. The Morgan fingerprint density at radius 3 is 2.22 bits per heavy atom. The van der Waals surface area contributed by atoms with Crippen LogP contribution in [0.3, 0.4) is 0 Å². The van der Waals surface area contributed by atoms with Gasteiger partial charge in [-0.05, 0) is 17.8 Å². The number of carbonyl (C=O) groups excluding carboxylic acids is 1. The quantitative estimate of drug-likeness (QED) is 0.475. The van der Waals surface area contributed by atoms with Crippen LogP contribution in [-0.2, 0) is 4.79 Å². The molecule has 52 valence electrons. The molecule has 9 heavy (non-hydrogen) atoms. The highest BCUT2D eigenvalue weighted by Gasteiger charge is 2.32. The van der Waals surface area contributed by atoms with Gasteiger partial charge in [0.15, 0.2) is 0 Å². The summed E-state index contributed by atoms with van der Waals surface area (Å²) in [5.74, 6) is -1.51. The van der Waals surface area contributed by atoms with E-state index in [4.69, 9.17) is 0 Å². The summed E-state index contributed by atoms with van der Waals surface area (Å²) >= 11 is 4.27. The smallest absolute Gasteiger partial charge is 0.384 e. The van der Waals surface area contributed by atoms with Crippen molar-refractivity contribution in [3.8, 4) is 0 Å². The molecule has 0 aliphatic heterocycles. The lowest BCUT2D eigenvalue weighted by atomic mass is 10.4. The molecule has 0 bridgehead atoms. The lowest BCUT2D eigenvalue weighted by Gasteiger charge is -1.99. The maximum atomic E-state index is 11.6. The Balaban J connectivity index is 4.06. The lowest BCUT2D eigenvalue weighted by Crippen LogP contribution is -2.18. The van der Waals surface area contributed by atoms with E-state index in [1.165, 1.54) is 0 Å². The predicted octanol–water partition coefficient (Wildman–Crippen LogP) is 0.860. The van der Waals surface area contributed by atoms with Crippen LogP contribution in [0.25, 0.3) is 0 Å². The van der Waals surface area contributed by atoms with Crippen LogP contribution < -0.4 is 5.73 Å². The second-order valence-corrected chi connectivity index (χ2v) is 1.70. The second-order valence-electron chi connectivity index (χ2n) is 1.22. The molecule has 0 aliphatic carbocycles. The molecule has 0 heterocycles. The van der Waals surface area contributed by atoms with Gasteiger partial charge < -0.3 is 5.73 Å². The van der Waals surface area contributed by atoms with Crippen LogP contribution in [0.15, 0.2) is 12.3 Å². The van der Waals surface area contributed by atoms with E-state index in [0.717, 1.165) is 0 Å². The van der Waals surface area contributed by atoms with Crippen LogP contribution in [0.5, 0.6) is 0 Å². The van der Waals surface area contributed by atoms with E-state index < -0.39 is 11.2 Å². The molecular formula is C4H4ClF2NO. The van der Waals surface area contributed by atoms with Crippen molar-refractivity contribution in [2.75, 3.05) is 0 Å². The molecule has 0 aromatic rings. The summed E-state index contributed by atoms with van der Waals surface area (Å²) in [6, 6.07) is 0. The molecule has 0 aliphatic rings. The fourth-order valence-electron chi connectivity index (χ4n) is 0.182. The predicted molar refractivity (Wildman–Crippen MR) is 29.1 cm³/mol. The molecule has 0 unspecified atom stereocenters. The molecule has 0 radical (unpaired) electrons. The minimum absolute atomic E-state index is 0.507. The zero-order chi connectivity index (χ0) is 7.49. The highest BCUT2D eigenvalue weighted by Crippen LogP contribution is 2.19. The normalized spacial score (nSPS) is 12.3. The van der Waals surface area contributed by atoms with Crippen LogP contribution in [0, 0.1) is 0 Å². The Hall–Kier alpha value is -0.640.